The number of carbonyl (C=O) groups excluding carboxylic acids is 1. The highest BCUT2D eigenvalue weighted by molar-refractivity contribution is 7.89. The van der Waals surface area contributed by atoms with E-state index in [1.165, 1.54) is 23.5 Å². The van der Waals surface area contributed by atoms with Crippen LogP contribution in [0.1, 0.15) is 34.3 Å². The standard InChI is InChI=1S/C20H24N2O4S/c1-14-10-15(2)12-17(11-14)21-20(23)16-6-7-18(26-3)19(13-16)27(24,25)22-8-4-5-9-22/h6-7,10-13H,4-5,8-9H2,1-3H3,(H,21,23). The van der Waals surface area contributed by atoms with Crippen LogP contribution in [0.5, 0.6) is 5.75 Å². The number of sulfonamides is 1. The largest absolute Gasteiger partial charge is 0.495 e. The quantitative estimate of drug-likeness (QED) is 0.852. The van der Waals surface area contributed by atoms with E-state index < -0.39 is 10.0 Å². The molecule has 0 atom stereocenters. The summed E-state index contributed by atoms with van der Waals surface area (Å²) in [4.78, 5) is 12.7. The van der Waals surface area contributed by atoms with Gasteiger partial charge in [-0.25, -0.2) is 8.42 Å². The molecule has 6 nitrogen and oxygen atoms in total. The van der Waals surface area contributed by atoms with Crippen molar-refractivity contribution in [3.63, 3.8) is 0 Å². The van der Waals surface area contributed by atoms with Gasteiger partial charge < -0.3 is 10.1 Å². The number of nitrogens with zero attached hydrogens (tertiary/aromatic N) is 1. The Bertz CT molecular complexity index is 944. The van der Waals surface area contributed by atoms with Crippen molar-refractivity contribution in [3.05, 3.63) is 53.1 Å². The molecule has 0 aromatic heterocycles. The van der Waals surface area contributed by atoms with E-state index in [0.717, 1.165) is 24.0 Å². The van der Waals surface area contributed by atoms with Gasteiger partial charge in [0.15, 0.2) is 0 Å². The fraction of sp³-hybridized carbons (Fsp3) is 0.350. The first-order chi connectivity index (χ1) is 12.8. The smallest absolute Gasteiger partial charge is 0.255 e. The van der Waals surface area contributed by atoms with E-state index in [1.807, 2.05) is 32.0 Å². The predicted octanol–water partition coefficient (Wildman–Crippen LogP) is 3.35. The highest BCUT2D eigenvalue weighted by Crippen LogP contribution is 2.30. The number of ether oxygens (including phenoxy) is 1. The maximum absolute atomic E-state index is 13.0. The maximum atomic E-state index is 13.0. The Morgan fingerprint density at radius 1 is 1.04 bits per heavy atom. The monoisotopic (exact) mass is 388 g/mol. The first-order valence-corrected chi connectivity index (χ1v) is 10.3. The molecule has 7 heteroatoms. The minimum atomic E-state index is -3.70. The van der Waals surface area contributed by atoms with Crippen molar-refractivity contribution in [2.45, 2.75) is 31.6 Å². The summed E-state index contributed by atoms with van der Waals surface area (Å²) in [5, 5.41) is 2.84. The van der Waals surface area contributed by atoms with E-state index in [-0.39, 0.29) is 22.1 Å². The SMILES string of the molecule is COc1ccc(C(=O)Nc2cc(C)cc(C)c2)cc1S(=O)(=O)N1CCCC1. The third kappa shape index (κ3) is 4.14. The van der Waals surface area contributed by atoms with Crippen molar-refractivity contribution in [1.82, 2.24) is 4.31 Å². The van der Waals surface area contributed by atoms with Crippen LogP contribution in [0.15, 0.2) is 41.3 Å². The van der Waals surface area contributed by atoms with E-state index in [1.54, 1.807) is 6.07 Å². The highest BCUT2D eigenvalue weighted by atomic mass is 32.2. The number of amides is 1. The average Bonchev–Trinajstić information content (AvgIpc) is 3.15. The van der Waals surface area contributed by atoms with Crippen molar-refractivity contribution in [2.24, 2.45) is 0 Å². The molecule has 1 aliphatic heterocycles. The number of nitrogens with one attached hydrogen (secondary N) is 1. The van der Waals surface area contributed by atoms with Crippen LogP contribution in [-0.2, 0) is 10.0 Å². The van der Waals surface area contributed by atoms with Crippen molar-refractivity contribution in [1.29, 1.82) is 0 Å². The Balaban J connectivity index is 1.93. The summed E-state index contributed by atoms with van der Waals surface area (Å²) in [6, 6.07) is 10.3. The fourth-order valence-electron chi connectivity index (χ4n) is 3.34. The summed E-state index contributed by atoms with van der Waals surface area (Å²) >= 11 is 0. The van der Waals surface area contributed by atoms with Gasteiger partial charge in [0.25, 0.3) is 5.91 Å². The topological polar surface area (TPSA) is 75.7 Å². The molecule has 0 spiro atoms. The number of anilines is 1. The molecule has 0 unspecified atom stereocenters. The molecule has 0 saturated carbocycles. The zero-order valence-electron chi connectivity index (χ0n) is 15.8. The molecule has 2 aromatic carbocycles. The normalized spacial score (nSPS) is 14.9. The number of hydrogen-bond donors (Lipinski definition) is 1. The van der Waals surface area contributed by atoms with Gasteiger partial charge in [0.2, 0.25) is 10.0 Å². The summed E-state index contributed by atoms with van der Waals surface area (Å²) in [6.45, 7) is 4.89. The van der Waals surface area contributed by atoms with Crippen LogP contribution < -0.4 is 10.1 Å². The van der Waals surface area contributed by atoms with E-state index in [0.29, 0.717) is 18.8 Å². The van der Waals surface area contributed by atoms with Crippen LogP contribution in [0, 0.1) is 13.8 Å². The summed E-state index contributed by atoms with van der Waals surface area (Å²) in [6.07, 6.45) is 1.68. The van der Waals surface area contributed by atoms with Gasteiger partial charge in [0.1, 0.15) is 10.6 Å². The second-order valence-corrected chi connectivity index (χ2v) is 8.71. The van der Waals surface area contributed by atoms with Crippen LogP contribution in [0.2, 0.25) is 0 Å². The molecular formula is C20H24N2O4S. The Morgan fingerprint density at radius 3 is 2.26 bits per heavy atom. The summed E-state index contributed by atoms with van der Waals surface area (Å²) in [5.74, 6) is -0.120. The average molecular weight is 388 g/mol. The van der Waals surface area contributed by atoms with E-state index >= 15 is 0 Å². The number of aryl methyl sites for hydroxylation is 2. The van der Waals surface area contributed by atoms with Crippen LogP contribution in [0.4, 0.5) is 5.69 Å². The van der Waals surface area contributed by atoms with Gasteiger partial charge in [-0.3, -0.25) is 4.79 Å². The Labute approximate surface area is 160 Å². The first-order valence-electron chi connectivity index (χ1n) is 8.89. The summed E-state index contributed by atoms with van der Waals surface area (Å²) in [7, 11) is -2.27. The number of benzene rings is 2. The molecular weight excluding hydrogens is 364 g/mol. The molecule has 0 aliphatic carbocycles. The van der Waals surface area contributed by atoms with Gasteiger partial charge in [-0.1, -0.05) is 6.07 Å². The molecule has 144 valence electrons. The van der Waals surface area contributed by atoms with Crippen LogP contribution in [0.3, 0.4) is 0 Å². The summed E-state index contributed by atoms with van der Waals surface area (Å²) in [5.41, 5.74) is 3.03. The minimum absolute atomic E-state index is 0.0278. The molecule has 0 bridgehead atoms. The second-order valence-electron chi connectivity index (χ2n) is 6.81. The molecule has 1 heterocycles. The molecule has 1 aliphatic rings. The third-order valence-corrected chi connectivity index (χ3v) is 6.51. The van der Waals surface area contributed by atoms with Crippen molar-refractivity contribution >= 4 is 21.6 Å². The van der Waals surface area contributed by atoms with Crippen LogP contribution >= 0.6 is 0 Å². The number of rotatable bonds is 5. The van der Waals surface area contributed by atoms with Crippen LogP contribution in [0.25, 0.3) is 0 Å². The number of hydrogen-bond acceptors (Lipinski definition) is 4. The van der Waals surface area contributed by atoms with Gasteiger partial charge >= 0.3 is 0 Å². The summed E-state index contributed by atoms with van der Waals surface area (Å²) < 4.78 is 32.6. The Morgan fingerprint density at radius 2 is 1.67 bits per heavy atom. The molecule has 2 aromatic rings. The van der Waals surface area contributed by atoms with Crippen molar-refractivity contribution < 1.29 is 17.9 Å². The van der Waals surface area contributed by atoms with E-state index in [2.05, 4.69) is 5.32 Å². The number of methoxy groups -OCH3 is 1. The lowest BCUT2D eigenvalue weighted by Gasteiger charge is -2.18. The minimum Gasteiger partial charge on any atom is -0.495 e. The lowest BCUT2D eigenvalue weighted by Crippen LogP contribution is -2.28. The molecule has 1 amide bonds. The van der Waals surface area contributed by atoms with Crippen molar-refractivity contribution in [2.75, 3.05) is 25.5 Å². The predicted molar refractivity (Wildman–Crippen MR) is 105 cm³/mol. The highest BCUT2D eigenvalue weighted by Gasteiger charge is 2.30. The maximum Gasteiger partial charge on any atom is 0.255 e. The Kier molecular flexibility index (Phi) is 5.53. The third-order valence-electron chi connectivity index (χ3n) is 4.59. The van der Waals surface area contributed by atoms with Gasteiger partial charge in [0, 0.05) is 24.3 Å². The molecule has 1 N–H and O–H groups in total. The fourth-order valence-corrected chi connectivity index (χ4v) is 5.04. The molecule has 1 fully saturated rings. The van der Waals surface area contributed by atoms with E-state index in [9.17, 15) is 13.2 Å². The molecule has 0 radical (unpaired) electrons. The molecule has 3 rings (SSSR count). The van der Waals surface area contributed by atoms with Gasteiger partial charge in [-0.15, -0.1) is 0 Å². The zero-order valence-corrected chi connectivity index (χ0v) is 16.6. The Hall–Kier alpha value is -2.38. The van der Waals surface area contributed by atoms with Crippen molar-refractivity contribution in [3.8, 4) is 5.75 Å². The van der Waals surface area contributed by atoms with Crippen LogP contribution in [-0.4, -0.2) is 38.8 Å². The van der Waals surface area contributed by atoms with Gasteiger partial charge in [-0.05, 0) is 68.1 Å². The first kappa shape index (κ1) is 19.4. The zero-order chi connectivity index (χ0) is 19.6. The molecule has 1 saturated heterocycles. The van der Waals surface area contributed by atoms with E-state index in [4.69, 9.17) is 4.74 Å². The second kappa shape index (κ2) is 7.70. The number of carbonyl (C=O) groups is 1. The lowest BCUT2D eigenvalue weighted by molar-refractivity contribution is 0.102. The molecule has 27 heavy (non-hydrogen) atoms. The van der Waals surface area contributed by atoms with Gasteiger partial charge in [-0.2, -0.15) is 4.31 Å². The lowest BCUT2D eigenvalue weighted by atomic mass is 10.1. The van der Waals surface area contributed by atoms with Gasteiger partial charge in [0.05, 0.1) is 7.11 Å².